The summed E-state index contributed by atoms with van der Waals surface area (Å²) in [4.78, 5) is 37.4. The average molecular weight is 483 g/mol. The van der Waals surface area contributed by atoms with Crippen molar-refractivity contribution in [3.63, 3.8) is 0 Å². The van der Waals surface area contributed by atoms with Crippen LogP contribution in [0, 0.1) is 10.1 Å². The van der Waals surface area contributed by atoms with Gasteiger partial charge < -0.3 is 19.6 Å². The van der Waals surface area contributed by atoms with Crippen LogP contribution < -0.4 is 10.1 Å². The van der Waals surface area contributed by atoms with E-state index in [4.69, 9.17) is 9.47 Å². The van der Waals surface area contributed by atoms with E-state index in [9.17, 15) is 19.7 Å². The predicted octanol–water partition coefficient (Wildman–Crippen LogP) is 3.18. The zero-order valence-corrected chi connectivity index (χ0v) is 18.4. The van der Waals surface area contributed by atoms with E-state index in [2.05, 4.69) is 41.7 Å². The van der Waals surface area contributed by atoms with Gasteiger partial charge in [-0.1, -0.05) is 53.8 Å². The Bertz CT molecular complexity index is 891. The van der Waals surface area contributed by atoms with Crippen molar-refractivity contribution in [1.82, 2.24) is 14.9 Å². The molecule has 11 heteroatoms. The quantitative estimate of drug-likeness (QED) is 0.347. The van der Waals surface area contributed by atoms with Crippen molar-refractivity contribution in [2.75, 3.05) is 11.9 Å². The lowest BCUT2D eigenvalue weighted by Crippen LogP contribution is -2.38. The van der Waals surface area contributed by atoms with E-state index in [1.807, 2.05) is 17.4 Å². The first kappa shape index (κ1) is 23.3. The van der Waals surface area contributed by atoms with Gasteiger partial charge in [-0.05, 0) is 28.0 Å². The highest BCUT2D eigenvalue weighted by Crippen LogP contribution is 2.24. The smallest absolute Gasteiger partial charge is 0.434 e. The second-order valence-corrected chi connectivity index (χ2v) is 7.99. The van der Waals surface area contributed by atoms with Crippen LogP contribution in [0.1, 0.15) is 26.3 Å². The molecule has 0 radical (unpaired) electrons. The lowest BCUT2D eigenvalue weighted by molar-refractivity contribution is -0.397. The summed E-state index contributed by atoms with van der Waals surface area (Å²) in [7, 11) is 0. The summed E-state index contributed by atoms with van der Waals surface area (Å²) in [5.74, 6) is -0.421. The Hall–Kier alpha value is -2.95. The SMILES string of the molecule is CC(C)(C)c1ccc(OCC(Cn2ccnc2[N+](=O)[O-])OC(=O)NC(=O)CBr)cc1. The van der Waals surface area contributed by atoms with Gasteiger partial charge in [-0.15, -0.1) is 0 Å². The first-order valence-electron chi connectivity index (χ1n) is 9.05. The normalized spacial score (nSPS) is 12.1. The fraction of sp³-hybridized carbons (Fsp3) is 0.421. The highest BCUT2D eigenvalue weighted by molar-refractivity contribution is 9.09. The van der Waals surface area contributed by atoms with Crippen LogP contribution in [0.4, 0.5) is 10.7 Å². The Balaban J connectivity index is 2.10. The Labute approximate surface area is 181 Å². The van der Waals surface area contributed by atoms with Gasteiger partial charge in [-0.2, -0.15) is 0 Å². The zero-order valence-electron chi connectivity index (χ0n) is 16.8. The number of amides is 2. The summed E-state index contributed by atoms with van der Waals surface area (Å²) in [5.41, 5.74) is 1.12. The highest BCUT2D eigenvalue weighted by Gasteiger charge is 2.23. The number of alkyl halides is 1. The lowest BCUT2D eigenvalue weighted by Gasteiger charge is -2.20. The van der Waals surface area contributed by atoms with Crippen LogP contribution in [0.3, 0.4) is 0 Å². The van der Waals surface area contributed by atoms with Crippen LogP contribution in [0.25, 0.3) is 0 Å². The molecule has 2 rings (SSSR count). The second kappa shape index (κ2) is 10.2. The molecule has 0 aliphatic heterocycles. The Morgan fingerprint density at radius 3 is 2.53 bits per heavy atom. The minimum Gasteiger partial charge on any atom is -0.490 e. The standard InChI is InChI=1S/C19H23BrN4O6/c1-19(2,3)13-4-6-14(7-5-13)29-12-15(30-18(26)22-16(25)10-20)11-23-9-8-21-17(23)24(27)28/h4-9,15H,10-12H2,1-3H3,(H,22,25,26). The number of rotatable bonds is 8. The first-order chi connectivity index (χ1) is 14.1. The van der Waals surface area contributed by atoms with Crippen molar-refractivity contribution in [2.24, 2.45) is 0 Å². The molecule has 0 spiro atoms. The summed E-state index contributed by atoms with van der Waals surface area (Å²) in [6, 6.07) is 7.47. The number of nitrogens with one attached hydrogen (secondary N) is 1. The number of carbonyl (C=O) groups is 2. The van der Waals surface area contributed by atoms with Gasteiger partial charge in [-0.3, -0.25) is 10.1 Å². The minimum atomic E-state index is -0.973. The van der Waals surface area contributed by atoms with E-state index in [-0.39, 0.29) is 23.9 Å². The fourth-order valence-electron chi connectivity index (χ4n) is 2.53. The number of nitro groups is 1. The molecule has 30 heavy (non-hydrogen) atoms. The topological polar surface area (TPSA) is 126 Å². The third-order valence-electron chi connectivity index (χ3n) is 4.05. The molecule has 0 bridgehead atoms. The Morgan fingerprint density at radius 1 is 1.30 bits per heavy atom. The number of halogens is 1. The molecular weight excluding hydrogens is 460 g/mol. The molecule has 0 fully saturated rings. The minimum absolute atomic E-state index is 0.00934. The van der Waals surface area contributed by atoms with E-state index in [1.54, 1.807) is 12.1 Å². The Morgan fingerprint density at radius 2 is 1.97 bits per heavy atom. The summed E-state index contributed by atoms with van der Waals surface area (Å²) >= 11 is 2.93. The monoisotopic (exact) mass is 482 g/mol. The van der Waals surface area contributed by atoms with Gasteiger partial charge in [0, 0.05) is 0 Å². The van der Waals surface area contributed by atoms with Gasteiger partial charge in [0.1, 0.15) is 31.3 Å². The number of ether oxygens (including phenoxy) is 2. The van der Waals surface area contributed by atoms with Crippen molar-refractivity contribution in [2.45, 2.75) is 38.8 Å². The number of alkyl carbamates (subject to hydrolysis) is 1. The maximum Gasteiger partial charge on any atom is 0.434 e. The van der Waals surface area contributed by atoms with Gasteiger partial charge >= 0.3 is 12.0 Å². The molecule has 0 aliphatic rings. The van der Waals surface area contributed by atoms with Crippen molar-refractivity contribution < 1.29 is 24.0 Å². The summed E-state index contributed by atoms with van der Waals surface area (Å²) in [5, 5.41) is 13.0. The largest absolute Gasteiger partial charge is 0.490 e. The maximum atomic E-state index is 11.9. The van der Waals surface area contributed by atoms with Gasteiger partial charge in [-0.25, -0.2) is 9.36 Å². The molecule has 1 aromatic heterocycles. The van der Waals surface area contributed by atoms with Crippen LogP contribution in [-0.4, -0.2) is 44.5 Å². The molecule has 10 nitrogen and oxygen atoms in total. The molecule has 2 aromatic rings. The molecule has 0 saturated carbocycles. The Kier molecular flexibility index (Phi) is 7.93. The van der Waals surface area contributed by atoms with Gasteiger partial charge in [0.05, 0.1) is 5.33 Å². The number of benzene rings is 1. The van der Waals surface area contributed by atoms with E-state index < -0.39 is 29.0 Å². The number of nitrogens with zero attached hydrogens (tertiary/aromatic N) is 3. The average Bonchev–Trinajstić information content (AvgIpc) is 3.14. The number of imide groups is 1. The van der Waals surface area contributed by atoms with Crippen LogP contribution in [-0.2, 0) is 21.5 Å². The first-order valence-corrected chi connectivity index (χ1v) is 10.2. The van der Waals surface area contributed by atoms with Crippen LogP contribution in [0.5, 0.6) is 5.75 Å². The van der Waals surface area contributed by atoms with E-state index in [0.717, 1.165) is 5.56 Å². The molecule has 1 unspecified atom stereocenters. The molecular formula is C19H23BrN4O6. The van der Waals surface area contributed by atoms with Crippen LogP contribution >= 0.6 is 15.9 Å². The molecule has 1 atom stereocenters. The number of carbonyl (C=O) groups excluding carboxylic acids is 2. The second-order valence-electron chi connectivity index (χ2n) is 7.43. The summed E-state index contributed by atoms with van der Waals surface area (Å²) in [6.45, 7) is 6.12. The van der Waals surface area contributed by atoms with Crippen molar-refractivity contribution in [1.29, 1.82) is 0 Å². The van der Waals surface area contributed by atoms with Crippen molar-refractivity contribution in [3.8, 4) is 5.75 Å². The predicted molar refractivity (Wildman–Crippen MR) is 112 cm³/mol. The van der Waals surface area contributed by atoms with Crippen molar-refractivity contribution in [3.05, 3.63) is 52.3 Å². The number of imidazole rings is 1. The zero-order chi connectivity index (χ0) is 22.3. The van der Waals surface area contributed by atoms with Crippen LogP contribution in [0.2, 0.25) is 0 Å². The molecule has 1 N–H and O–H groups in total. The summed E-state index contributed by atoms with van der Waals surface area (Å²) < 4.78 is 12.2. The summed E-state index contributed by atoms with van der Waals surface area (Å²) in [6.07, 6.45) is 0.784. The lowest BCUT2D eigenvalue weighted by atomic mass is 9.87. The number of hydrogen-bond acceptors (Lipinski definition) is 7. The molecule has 1 heterocycles. The van der Waals surface area contributed by atoms with Crippen LogP contribution in [0.15, 0.2) is 36.7 Å². The molecule has 162 valence electrons. The molecule has 0 saturated heterocycles. The van der Waals surface area contributed by atoms with Gasteiger partial charge in [0.25, 0.3) is 0 Å². The number of aromatic nitrogens is 2. The third-order valence-corrected chi connectivity index (χ3v) is 4.56. The molecule has 2 amide bonds. The van der Waals surface area contributed by atoms with Gasteiger partial charge in [0.2, 0.25) is 5.91 Å². The third kappa shape index (κ3) is 6.83. The van der Waals surface area contributed by atoms with Crippen molar-refractivity contribution >= 4 is 33.9 Å². The highest BCUT2D eigenvalue weighted by atomic mass is 79.9. The van der Waals surface area contributed by atoms with E-state index >= 15 is 0 Å². The number of hydrogen-bond donors (Lipinski definition) is 1. The van der Waals surface area contributed by atoms with E-state index in [0.29, 0.717) is 5.75 Å². The maximum absolute atomic E-state index is 11.9. The molecule has 1 aromatic carbocycles. The fourth-order valence-corrected chi connectivity index (χ4v) is 2.67. The van der Waals surface area contributed by atoms with Gasteiger partial charge in [0.15, 0.2) is 6.10 Å². The molecule has 0 aliphatic carbocycles. The van der Waals surface area contributed by atoms with E-state index in [1.165, 1.54) is 17.0 Å².